The van der Waals surface area contributed by atoms with Gasteiger partial charge in [0.25, 0.3) is 5.69 Å². The highest BCUT2D eigenvalue weighted by Gasteiger charge is 2.40. The van der Waals surface area contributed by atoms with Gasteiger partial charge in [-0.15, -0.1) is 4.33 Å². The van der Waals surface area contributed by atoms with E-state index < -0.39 is 20.6 Å². The molecule has 2 rings (SSSR count). The Morgan fingerprint density at radius 1 is 1.42 bits per heavy atom. The minimum Gasteiger partial charge on any atom is -0.367 e. The number of rotatable bonds is 6. The summed E-state index contributed by atoms with van der Waals surface area (Å²) in [7, 11) is -4.10. The molecule has 0 saturated carbocycles. The van der Waals surface area contributed by atoms with E-state index in [1.807, 2.05) is 0 Å². The average Bonchev–Trinajstić information content (AvgIpc) is 3.07. The smallest absolute Gasteiger partial charge is 0.323 e. The van der Waals surface area contributed by atoms with E-state index in [9.17, 15) is 18.5 Å². The average molecular weight is 289 g/mol. The summed E-state index contributed by atoms with van der Waals surface area (Å²) in [4.78, 5) is 14.2. The molecular weight excluding hydrogens is 278 g/mol. The monoisotopic (exact) mass is 289 g/mol. The number of ether oxygens (including phenoxy) is 1. The van der Waals surface area contributed by atoms with Crippen molar-refractivity contribution in [1.82, 2.24) is 0 Å². The molecule has 1 aromatic rings. The van der Waals surface area contributed by atoms with E-state index in [4.69, 9.17) is 4.74 Å². The van der Waals surface area contributed by atoms with E-state index in [2.05, 4.69) is 9.22 Å². The largest absolute Gasteiger partial charge is 0.367 e. The Hall–Kier alpha value is -1.55. The molecule has 8 nitrogen and oxygen atoms in total. The molecule has 1 aliphatic heterocycles. The standard InChI is InChI=1S/C10H11NO7S/c1-10(6-16-10)7-17-18-19(14,15)9-4-2-8(3-5-9)11(12)13/h2-5H,6-7H2,1H3/t10-/m1/s1. The summed E-state index contributed by atoms with van der Waals surface area (Å²) in [5.41, 5.74) is -0.705. The number of nitro groups is 1. The first-order valence-electron chi connectivity index (χ1n) is 5.27. The lowest BCUT2D eigenvalue weighted by Crippen LogP contribution is -2.17. The third-order valence-corrected chi connectivity index (χ3v) is 3.60. The fourth-order valence-corrected chi connectivity index (χ4v) is 1.92. The van der Waals surface area contributed by atoms with Crippen LogP contribution in [-0.2, 0) is 24.1 Å². The normalized spacial score (nSPS) is 22.2. The van der Waals surface area contributed by atoms with Crippen molar-refractivity contribution < 1.29 is 27.3 Å². The quantitative estimate of drug-likeness (QED) is 0.333. The van der Waals surface area contributed by atoms with Crippen LogP contribution in [0.3, 0.4) is 0 Å². The predicted octanol–water partition coefficient (Wildman–Crippen LogP) is 1.02. The van der Waals surface area contributed by atoms with Crippen LogP contribution in [0.5, 0.6) is 0 Å². The summed E-state index contributed by atoms with van der Waals surface area (Å²) in [6.07, 6.45) is 0. The van der Waals surface area contributed by atoms with Gasteiger partial charge in [-0.05, 0) is 19.1 Å². The highest BCUT2D eigenvalue weighted by Crippen LogP contribution is 2.26. The van der Waals surface area contributed by atoms with Crippen molar-refractivity contribution in [2.45, 2.75) is 17.4 Å². The number of hydrogen-bond donors (Lipinski definition) is 0. The van der Waals surface area contributed by atoms with Gasteiger partial charge in [0.1, 0.15) is 12.2 Å². The lowest BCUT2D eigenvalue weighted by Gasteiger charge is -2.06. The fourth-order valence-electron chi connectivity index (χ4n) is 1.19. The summed E-state index contributed by atoms with van der Waals surface area (Å²) in [5, 5.41) is 10.4. The van der Waals surface area contributed by atoms with E-state index in [-0.39, 0.29) is 17.2 Å². The Labute approximate surface area is 109 Å². The lowest BCUT2D eigenvalue weighted by atomic mass is 10.2. The zero-order valence-corrected chi connectivity index (χ0v) is 10.8. The van der Waals surface area contributed by atoms with Gasteiger partial charge in [-0.3, -0.25) is 10.1 Å². The summed E-state index contributed by atoms with van der Waals surface area (Å²) in [6.45, 7) is 2.21. The molecule has 0 bridgehead atoms. The highest BCUT2D eigenvalue weighted by atomic mass is 32.2. The fraction of sp³-hybridized carbons (Fsp3) is 0.400. The third-order valence-electron chi connectivity index (χ3n) is 2.48. The number of non-ortho nitro benzene ring substituents is 1. The van der Waals surface area contributed by atoms with E-state index in [1.54, 1.807) is 6.92 Å². The molecular formula is C10H11NO7S. The maximum atomic E-state index is 11.7. The van der Waals surface area contributed by atoms with Gasteiger partial charge < -0.3 is 4.74 Å². The molecule has 0 aromatic heterocycles. The van der Waals surface area contributed by atoms with Crippen molar-refractivity contribution in [3.05, 3.63) is 34.4 Å². The molecule has 1 aliphatic rings. The second-order valence-electron chi connectivity index (χ2n) is 4.27. The maximum absolute atomic E-state index is 11.7. The van der Waals surface area contributed by atoms with Gasteiger partial charge in [-0.1, -0.05) is 0 Å². The van der Waals surface area contributed by atoms with E-state index in [1.165, 1.54) is 0 Å². The molecule has 0 aliphatic carbocycles. The van der Waals surface area contributed by atoms with Crippen LogP contribution in [-0.4, -0.2) is 32.2 Å². The van der Waals surface area contributed by atoms with Crippen molar-refractivity contribution >= 4 is 15.8 Å². The van der Waals surface area contributed by atoms with Gasteiger partial charge in [-0.2, -0.15) is 8.42 Å². The minimum atomic E-state index is -4.10. The molecule has 1 saturated heterocycles. The molecule has 1 heterocycles. The van der Waals surface area contributed by atoms with Crippen molar-refractivity contribution in [2.24, 2.45) is 0 Å². The Balaban J connectivity index is 2.00. The van der Waals surface area contributed by atoms with Crippen molar-refractivity contribution in [3.8, 4) is 0 Å². The molecule has 0 N–H and O–H groups in total. The topological polar surface area (TPSA) is 108 Å². The van der Waals surface area contributed by atoms with Crippen LogP contribution in [0.2, 0.25) is 0 Å². The van der Waals surface area contributed by atoms with Crippen LogP contribution < -0.4 is 0 Å². The number of epoxide rings is 1. The van der Waals surface area contributed by atoms with Crippen LogP contribution in [0, 0.1) is 10.1 Å². The van der Waals surface area contributed by atoms with Gasteiger partial charge in [0, 0.05) is 12.1 Å². The predicted molar refractivity (Wildman–Crippen MR) is 61.7 cm³/mol. The van der Waals surface area contributed by atoms with Crippen molar-refractivity contribution in [1.29, 1.82) is 0 Å². The maximum Gasteiger partial charge on any atom is 0.323 e. The second-order valence-corrected chi connectivity index (χ2v) is 5.79. The molecule has 104 valence electrons. The highest BCUT2D eigenvalue weighted by molar-refractivity contribution is 7.86. The summed E-state index contributed by atoms with van der Waals surface area (Å²) >= 11 is 0. The number of benzene rings is 1. The molecule has 19 heavy (non-hydrogen) atoms. The van der Waals surface area contributed by atoms with Crippen LogP contribution in [0.25, 0.3) is 0 Å². The Bertz CT molecular complexity index is 576. The zero-order chi connectivity index (χ0) is 14.1. The molecule has 0 spiro atoms. The number of hydrogen-bond acceptors (Lipinski definition) is 7. The Morgan fingerprint density at radius 2 is 2.00 bits per heavy atom. The van der Waals surface area contributed by atoms with E-state index in [0.717, 1.165) is 24.3 Å². The van der Waals surface area contributed by atoms with Gasteiger partial charge in [-0.25, -0.2) is 4.89 Å². The number of nitro benzene ring substituents is 1. The molecule has 0 unspecified atom stereocenters. The SMILES string of the molecule is C[C@]1(COOS(=O)(=O)c2ccc([N+](=O)[O-])cc2)CO1. The van der Waals surface area contributed by atoms with Gasteiger partial charge in [0.15, 0.2) is 0 Å². The Kier molecular flexibility index (Phi) is 3.54. The minimum absolute atomic E-state index is 0.0147. The van der Waals surface area contributed by atoms with E-state index in [0.29, 0.717) is 6.61 Å². The summed E-state index contributed by atoms with van der Waals surface area (Å²) in [5.74, 6) is 0. The molecule has 1 aromatic carbocycles. The first kappa shape index (κ1) is 13.9. The molecule has 1 atom stereocenters. The van der Waals surface area contributed by atoms with Gasteiger partial charge in [0.05, 0.1) is 16.4 Å². The van der Waals surface area contributed by atoms with Crippen LogP contribution in [0.4, 0.5) is 5.69 Å². The lowest BCUT2D eigenvalue weighted by molar-refractivity contribution is -0.384. The number of nitrogens with zero attached hydrogens (tertiary/aromatic N) is 1. The van der Waals surface area contributed by atoms with Crippen LogP contribution in [0.15, 0.2) is 29.2 Å². The third kappa shape index (κ3) is 3.47. The summed E-state index contributed by atoms with van der Waals surface area (Å²) in [6, 6.07) is 4.29. The molecule has 0 amide bonds. The first-order valence-corrected chi connectivity index (χ1v) is 6.68. The molecule has 0 radical (unpaired) electrons. The molecule has 9 heteroatoms. The van der Waals surface area contributed by atoms with Crippen LogP contribution in [0.1, 0.15) is 6.92 Å². The summed E-state index contributed by atoms with van der Waals surface area (Å²) < 4.78 is 32.7. The van der Waals surface area contributed by atoms with Crippen LogP contribution >= 0.6 is 0 Å². The van der Waals surface area contributed by atoms with Gasteiger partial charge in [0.2, 0.25) is 0 Å². The van der Waals surface area contributed by atoms with Crippen molar-refractivity contribution in [2.75, 3.05) is 13.2 Å². The van der Waals surface area contributed by atoms with E-state index >= 15 is 0 Å². The first-order chi connectivity index (χ1) is 8.82. The Morgan fingerprint density at radius 3 is 2.47 bits per heavy atom. The molecule has 1 fully saturated rings. The van der Waals surface area contributed by atoms with Crippen molar-refractivity contribution in [3.63, 3.8) is 0 Å². The second kappa shape index (κ2) is 4.85. The zero-order valence-electron chi connectivity index (χ0n) is 9.94. The van der Waals surface area contributed by atoms with Gasteiger partial charge >= 0.3 is 10.1 Å².